The van der Waals surface area contributed by atoms with E-state index in [9.17, 15) is 4.79 Å². The standard InChI is InChI=1S/C12H14N4O3/c1-6-9-10(13-5-14-11(9)19-16-6)15-8-3-2-7(4-8)12(17)18/h5,7-8H,2-4H2,1H3,(H,17,18)(H,13,14,15)/t7-,8+/m1/s1. The highest BCUT2D eigenvalue weighted by atomic mass is 16.5. The fourth-order valence-corrected chi connectivity index (χ4v) is 2.56. The second-order valence-electron chi connectivity index (χ2n) is 4.86. The molecule has 0 amide bonds. The van der Waals surface area contributed by atoms with E-state index in [0.717, 1.165) is 17.5 Å². The van der Waals surface area contributed by atoms with Crippen molar-refractivity contribution in [2.75, 3.05) is 5.32 Å². The summed E-state index contributed by atoms with van der Waals surface area (Å²) in [6.45, 7) is 1.83. The van der Waals surface area contributed by atoms with Crippen molar-refractivity contribution in [3.63, 3.8) is 0 Å². The molecule has 0 aromatic carbocycles. The summed E-state index contributed by atoms with van der Waals surface area (Å²) in [5, 5.41) is 16.9. The number of nitrogens with zero attached hydrogens (tertiary/aromatic N) is 3. The van der Waals surface area contributed by atoms with Crippen LogP contribution in [0.4, 0.5) is 5.82 Å². The van der Waals surface area contributed by atoms with Gasteiger partial charge in [-0.25, -0.2) is 4.98 Å². The van der Waals surface area contributed by atoms with Gasteiger partial charge in [0, 0.05) is 6.04 Å². The lowest BCUT2D eigenvalue weighted by molar-refractivity contribution is -0.141. The Balaban J connectivity index is 1.83. The van der Waals surface area contributed by atoms with Crippen LogP contribution in [-0.4, -0.2) is 32.2 Å². The Morgan fingerprint density at radius 3 is 3.05 bits per heavy atom. The van der Waals surface area contributed by atoms with Gasteiger partial charge in [-0.2, -0.15) is 4.98 Å². The molecular weight excluding hydrogens is 248 g/mol. The Morgan fingerprint density at radius 1 is 1.47 bits per heavy atom. The molecule has 3 rings (SSSR count). The van der Waals surface area contributed by atoms with Crippen LogP contribution in [0, 0.1) is 12.8 Å². The van der Waals surface area contributed by atoms with Crippen molar-refractivity contribution in [3.8, 4) is 0 Å². The van der Waals surface area contributed by atoms with Gasteiger partial charge in [0.05, 0.1) is 11.6 Å². The molecule has 7 nitrogen and oxygen atoms in total. The molecule has 0 saturated heterocycles. The number of nitrogens with one attached hydrogen (secondary N) is 1. The fraction of sp³-hybridized carbons (Fsp3) is 0.500. The monoisotopic (exact) mass is 262 g/mol. The van der Waals surface area contributed by atoms with Crippen LogP contribution in [0.5, 0.6) is 0 Å². The minimum Gasteiger partial charge on any atom is -0.481 e. The third-order valence-electron chi connectivity index (χ3n) is 3.57. The number of carboxylic acid groups (broad SMARTS) is 1. The Bertz CT molecular complexity index is 624. The molecule has 1 saturated carbocycles. The predicted molar refractivity (Wildman–Crippen MR) is 66.7 cm³/mol. The third kappa shape index (κ3) is 2.11. The maximum atomic E-state index is 10.9. The van der Waals surface area contributed by atoms with Crippen molar-refractivity contribution in [3.05, 3.63) is 12.0 Å². The molecule has 19 heavy (non-hydrogen) atoms. The van der Waals surface area contributed by atoms with Crippen LogP contribution in [0.3, 0.4) is 0 Å². The topological polar surface area (TPSA) is 101 Å². The quantitative estimate of drug-likeness (QED) is 0.866. The van der Waals surface area contributed by atoms with Crippen LogP contribution in [0.2, 0.25) is 0 Å². The minimum absolute atomic E-state index is 0.119. The number of carboxylic acids is 1. The van der Waals surface area contributed by atoms with E-state index in [1.807, 2.05) is 6.92 Å². The predicted octanol–water partition coefficient (Wildman–Crippen LogP) is 1.59. The highest BCUT2D eigenvalue weighted by molar-refractivity contribution is 5.87. The molecule has 0 radical (unpaired) electrons. The van der Waals surface area contributed by atoms with E-state index in [-0.39, 0.29) is 12.0 Å². The van der Waals surface area contributed by atoms with Crippen LogP contribution in [0.15, 0.2) is 10.9 Å². The Hall–Kier alpha value is -2.18. The first kappa shape index (κ1) is 11.9. The molecule has 1 fully saturated rings. The molecular formula is C12H14N4O3. The molecule has 100 valence electrons. The molecule has 2 N–H and O–H groups in total. The molecule has 1 aliphatic carbocycles. The summed E-state index contributed by atoms with van der Waals surface area (Å²) in [4.78, 5) is 19.2. The number of aromatic nitrogens is 3. The Morgan fingerprint density at radius 2 is 2.32 bits per heavy atom. The molecule has 1 aliphatic rings. The molecule has 0 unspecified atom stereocenters. The van der Waals surface area contributed by atoms with E-state index in [0.29, 0.717) is 24.4 Å². The summed E-state index contributed by atoms with van der Waals surface area (Å²) in [6.07, 6.45) is 3.56. The van der Waals surface area contributed by atoms with E-state index in [1.165, 1.54) is 6.33 Å². The maximum Gasteiger partial charge on any atom is 0.306 e. The third-order valence-corrected chi connectivity index (χ3v) is 3.57. The summed E-state index contributed by atoms with van der Waals surface area (Å²) >= 11 is 0. The molecule has 0 aliphatic heterocycles. The van der Waals surface area contributed by atoms with Crippen LogP contribution in [0.25, 0.3) is 11.1 Å². The summed E-state index contributed by atoms with van der Waals surface area (Å²) in [5.41, 5.74) is 1.17. The summed E-state index contributed by atoms with van der Waals surface area (Å²) in [6, 6.07) is 0.119. The number of aryl methyl sites for hydroxylation is 1. The van der Waals surface area contributed by atoms with Crippen LogP contribution < -0.4 is 5.32 Å². The Labute approximate surface area is 109 Å². The van der Waals surface area contributed by atoms with Gasteiger partial charge < -0.3 is 14.9 Å². The lowest BCUT2D eigenvalue weighted by atomic mass is 10.1. The van der Waals surface area contributed by atoms with Gasteiger partial charge in [0.25, 0.3) is 5.71 Å². The first-order chi connectivity index (χ1) is 9.15. The zero-order valence-corrected chi connectivity index (χ0v) is 10.5. The lowest BCUT2D eigenvalue weighted by Crippen LogP contribution is -2.18. The number of anilines is 1. The number of rotatable bonds is 3. The maximum absolute atomic E-state index is 10.9. The first-order valence-electron chi connectivity index (χ1n) is 6.21. The van der Waals surface area contributed by atoms with Crippen molar-refractivity contribution in [2.45, 2.75) is 32.2 Å². The van der Waals surface area contributed by atoms with Crippen molar-refractivity contribution in [2.24, 2.45) is 5.92 Å². The van der Waals surface area contributed by atoms with Gasteiger partial charge in [-0.3, -0.25) is 4.79 Å². The van der Waals surface area contributed by atoms with Crippen molar-refractivity contribution < 1.29 is 14.4 Å². The zero-order valence-electron chi connectivity index (χ0n) is 10.5. The minimum atomic E-state index is -0.724. The van der Waals surface area contributed by atoms with Gasteiger partial charge in [0.2, 0.25) is 0 Å². The SMILES string of the molecule is Cc1noc2ncnc(N[C@H]3CC[C@@H](C(=O)O)C3)c12. The molecule has 2 atom stereocenters. The second kappa shape index (κ2) is 4.49. The molecule has 2 aromatic heterocycles. The number of hydrogen-bond donors (Lipinski definition) is 2. The first-order valence-corrected chi connectivity index (χ1v) is 6.21. The smallest absolute Gasteiger partial charge is 0.306 e. The van der Waals surface area contributed by atoms with Crippen molar-refractivity contribution in [1.82, 2.24) is 15.1 Å². The van der Waals surface area contributed by atoms with Crippen LogP contribution in [0.1, 0.15) is 25.0 Å². The van der Waals surface area contributed by atoms with Gasteiger partial charge in [-0.1, -0.05) is 5.16 Å². The summed E-state index contributed by atoms with van der Waals surface area (Å²) < 4.78 is 5.08. The van der Waals surface area contributed by atoms with E-state index >= 15 is 0 Å². The number of hydrogen-bond acceptors (Lipinski definition) is 6. The second-order valence-corrected chi connectivity index (χ2v) is 4.86. The summed E-state index contributed by atoms with van der Waals surface area (Å²) in [7, 11) is 0. The number of carbonyl (C=O) groups is 1. The lowest BCUT2D eigenvalue weighted by Gasteiger charge is -2.13. The van der Waals surface area contributed by atoms with E-state index in [4.69, 9.17) is 9.63 Å². The normalized spacial score (nSPS) is 22.8. The number of fused-ring (bicyclic) bond motifs is 1. The van der Waals surface area contributed by atoms with E-state index in [1.54, 1.807) is 0 Å². The van der Waals surface area contributed by atoms with Gasteiger partial charge in [0.15, 0.2) is 0 Å². The van der Waals surface area contributed by atoms with Gasteiger partial charge in [-0.05, 0) is 26.2 Å². The van der Waals surface area contributed by atoms with E-state index < -0.39 is 5.97 Å². The van der Waals surface area contributed by atoms with Gasteiger partial charge >= 0.3 is 5.97 Å². The average Bonchev–Trinajstić information content (AvgIpc) is 2.98. The van der Waals surface area contributed by atoms with Crippen molar-refractivity contribution in [1.29, 1.82) is 0 Å². The average molecular weight is 262 g/mol. The van der Waals surface area contributed by atoms with Gasteiger partial charge in [0.1, 0.15) is 17.5 Å². The molecule has 0 spiro atoms. The highest BCUT2D eigenvalue weighted by Gasteiger charge is 2.30. The van der Waals surface area contributed by atoms with E-state index in [2.05, 4.69) is 20.4 Å². The molecule has 2 aromatic rings. The van der Waals surface area contributed by atoms with Crippen LogP contribution in [-0.2, 0) is 4.79 Å². The highest BCUT2D eigenvalue weighted by Crippen LogP contribution is 2.30. The van der Waals surface area contributed by atoms with Crippen LogP contribution >= 0.6 is 0 Å². The summed E-state index contributed by atoms with van der Waals surface area (Å²) in [5.74, 6) is -0.323. The van der Waals surface area contributed by atoms with Gasteiger partial charge in [-0.15, -0.1) is 0 Å². The molecule has 0 bridgehead atoms. The number of aliphatic carboxylic acids is 1. The zero-order chi connectivity index (χ0) is 13.4. The fourth-order valence-electron chi connectivity index (χ4n) is 2.56. The largest absolute Gasteiger partial charge is 0.481 e. The molecule has 2 heterocycles. The Kier molecular flexibility index (Phi) is 2.81. The molecule has 7 heteroatoms. The van der Waals surface area contributed by atoms with Crippen molar-refractivity contribution >= 4 is 22.9 Å².